The fraction of sp³-hybridized carbons (Fsp3) is 1.00. The molecule has 78 valence electrons. The van der Waals surface area contributed by atoms with Crippen molar-refractivity contribution in [2.24, 2.45) is 0 Å². The maximum atomic E-state index is 11.2. The molecule has 0 N–H and O–H groups in total. The Morgan fingerprint density at radius 2 is 2.08 bits per heavy atom. The maximum absolute atomic E-state index is 11.2. The zero-order chi connectivity index (χ0) is 9.90. The molecule has 1 atom stereocenters. The van der Waals surface area contributed by atoms with Crippen LogP contribution in [0, 0.1) is 0 Å². The molecule has 1 saturated heterocycles. The number of hydrogen-bond donors (Lipinski definition) is 0. The second-order valence-electron chi connectivity index (χ2n) is 3.46. The van der Waals surface area contributed by atoms with E-state index >= 15 is 0 Å². The predicted molar refractivity (Wildman–Crippen MR) is 54.0 cm³/mol. The molecule has 1 unspecified atom stereocenters. The van der Waals surface area contributed by atoms with Crippen molar-refractivity contribution in [2.45, 2.75) is 45.1 Å². The zero-order valence-electron chi connectivity index (χ0n) is 7.87. The van der Waals surface area contributed by atoms with E-state index < -0.39 is 9.24 Å². The van der Waals surface area contributed by atoms with E-state index in [1.807, 2.05) is 6.92 Å². The number of hydrogen-bond acceptors (Lipinski definition) is 2. The minimum atomic E-state index is -3.50. The fourth-order valence-corrected chi connectivity index (χ4v) is 3.35. The molecule has 13 heavy (non-hydrogen) atoms. The third kappa shape index (κ3) is 3.11. The van der Waals surface area contributed by atoms with Crippen LogP contribution in [0.25, 0.3) is 0 Å². The van der Waals surface area contributed by atoms with Gasteiger partial charge >= 0.3 is 0 Å². The lowest BCUT2D eigenvalue weighted by Gasteiger charge is -2.24. The van der Waals surface area contributed by atoms with Gasteiger partial charge in [0.15, 0.2) is 0 Å². The summed E-state index contributed by atoms with van der Waals surface area (Å²) in [7, 11) is 1.85. The van der Waals surface area contributed by atoms with Crippen LogP contribution in [-0.4, -0.2) is 25.3 Å². The van der Waals surface area contributed by atoms with Crippen LogP contribution < -0.4 is 0 Å². The van der Waals surface area contributed by atoms with E-state index in [1.54, 1.807) is 0 Å². The van der Waals surface area contributed by atoms with Crippen molar-refractivity contribution in [1.29, 1.82) is 0 Å². The topological polar surface area (TPSA) is 37.4 Å². The Kier molecular flexibility index (Phi) is 4.01. The maximum Gasteiger partial charge on any atom is 0.300 e. The molecule has 0 radical (unpaired) electrons. The molecule has 3 nitrogen and oxygen atoms in total. The van der Waals surface area contributed by atoms with Crippen molar-refractivity contribution >= 4 is 19.9 Å². The van der Waals surface area contributed by atoms with E-state index in [2.05, 4.69) is 0 Å². The number of halogens is 1. The second-order valence-corrected chi connectivity index (χ2v) is 5.93. The Bertz CT molecular complexity index is 253. The van der Waals surface area contributed by atoms with Crippen LogP contribution in [0.15, 0.2) is 0 Å². The van der Waals surface area contributed by atoms with E-state index in [9.17, 15) is 8.42 Å². The molecular weight excluding hydrogens is 210 g/mol. The molecule has 0 aliphatic carbocycles. The summed E-state index contributed by atoms with van der Waals surface area (Å²) in [4.78, 5) is 0. The normalized spacial score (nSPS) is 27.1. The first kappa shape index (κ1) is 11.3. The first-order valence-electron chi connectivity index (χ1n) is 4.77. The molecule has 0 saturated carbocycles. The standard InChI is InChI=1S/C8H16ClNO2S/c1-2-8-6-4-3-5-7-10(8)13(9,11)12/h8H,2-7H2,1H3. The summed E-state index contributed by atoms with van der Waals surface area (Å²) in [5, 5.41) is 0. The molecule has 1 aliphatic heterocycles. The zero-order valence-corrected chi connectivity index (χ0v) is 9.44. The van der Waals surface area contributed by atoms with Gasteiger partial charge in [0.1, 0.15) is 0 Å². The SMILES string of the molecule is CCC1CCCCCN1S(=O)(=O)Cl. The highest BCUT2D eigenvalue weighted by atomic mass is 35.7. The van der Waals surface area contributed by atoms with Crippen LogP contribution in [0.2, 0.25) is 0 Å². The summed E-state index contributed by atoms with van der Waals surface area (Å²) in [6, 6.07) is 0.116. The lowest BCUT2D eigenvalue weighted by molar-refractivity contribution is 0.321. The van der Waals surface area contributed by atoms with E-state index in [1.165, 1.54) is 4.31 Å². The predicted octanol–water partition coefficient (Wildman–Crippen LogP) is 2.12. The van der Waals surface area contributed by atoms with Gasteiger partial charge in [0, 0.05) is 23.3 Å². The fourth-order valence-electron chi connectivity index (χ4n) is 1.85. The number of rotatable bonds is 2. The molecule has 1 fully saturated rings. The molecule has 0 aromatic carbocycles. The van der Waals surface area contributed by atoms with Gasteiger partial charge in [0.05, 0.1) is 0 Å². The average Bonchev–Trinajstić information content (AvgIpc) is 2.26. The molecule has 0 bridgehead atoms. The van der Waals surface area contributed by atoms with Crippen LogP contribution in [-0.2, 0) is 9.24 Å². The van der Waals surface area contributed by atoms with Gasteiger partial charge in [-0.05, 0) is 19.3 Å². The molecule has 0 spiro atoms. The van der Waals surface area contributed by atoms with E-state index in [0.29, 0.717) is 6.54 Å². The van der Waals surface area contributed by atoms with E-state index in [0.717, 1.165) is 32.1 Å². The minimum absolute atomic E-state index is 0.116. The summed E-state index contributed by atoms with van der Waals surface area (Å²) < 4.78 is 23.8. The lowest BCUT2D eigenvalue weighted by atomic mass is 10.1. The van der Waals surface area contributed by atoms with Gasteiger partial charge in [-0.15, -0.1) is 0 Å². The molecule has 0 aromatic heterocycles. The van der Waals surface area contributed by atoms with E-state index in [4.69, 9.17) is 10.7 Å². The van der Waals surface area contributed by atoms with Crippen LogP contribution >= 0.6 is 10.7 Å². The molecule has 1 rings (SSSR count). The Balaban J connectivity index is 2.77. The third-order valence-electron chi connectivity index (χ3n) is 2.57. The van der Waals surface area contributed by atoms with Gasteiger partial charge in [-0.2, -0.15) is 12.7 Å². The minimum Gasteiger partial charge on any atom is -0.195 e. The van der Waals surface area contributed by atoms with Crippen LogP contribution in [0.3, 0.4) is 0 Å². The van der Waals surface area contributed by atoms with Gasteiger partial charge < -0.3 is 0 Å². The molecular formula is C8H16ClNO2S. The van der Waals surface area contributed by atoms with Gasteiger partial charge in [-0.25, -0.2) is 0 Å². The third-order valence-corrected chi connectivity index (χ3v) is 4.15. The lowest BCUT2D eigenvalue weighted by Crippen LogP contribution is -2.36. The number of nitrogens with zero attached hydrogens (tertiary/aromatic N) is 1. The summed E-state index contributed by atoms with van der Waals surface area (Å²) in [5.74, 6) is 0. The molecule has 0 aromatic rings. The second kappa shape index (κ2) is 4.62. The Labute approximate surface area is 84.6 Å². The summed E-state index contributed by atoms with van der Waals surface area (Å²) in [5.41, 5.74) is 0. The first-order chi connectivity index (χ1) is 6.05. The molecule has 1 aliphatic rings. The molecule has 0 amide bonds. The van der Waals surface area contributed by atoms with Crippen LogP contribution in [0.4, 0.5) is 0 Å². The average molecular weight is 226 g/mol. The Morgan fingerprint density at radius 1 is 1.38 bits per heavy atom. The highest BCUT2D eigenvalue weighted by molar-refractivity contribution is 8.11. The van der Waals surface area contributed by atoms with Crippen molar-refractivity contribution in [3.63, 3.8) is 0 Å². The smallest absolute Gasteiger partial charge is 0.195 e. The van der Waals surface area contributed by atoms with E-state index in [-0.39, 0.29) is 6.04 Å². The highest BCUT2D eigenvalue weighted by Crippen LogP contribution is 2.23. The first-order valence-corrected chi connectivity index (χ1v) is 7.03. The molecule has 5 heteroatoms. The Morgan fingerprint density at radius 3 is 2.62 bits per heavy atom. The van der Waals surface area contributed by atoms with Crippen LogP contribution in [0.1, 0.15) is 39.0 Å². The van der Waals surface area contributed by atoms with Crippen molar-refractivity contribution < 1.29 is 8.42 Å². The quantitative estimate of drug-likeness (QED) is 0.676. The summed E-state index contributed by atoms with van der Waals surface area (Å²) in [6.07, 6.45) is 4.96. The van der Waals surface area contributed by atoms with Gasteiger partial charge in [0.2, 0.25) is 0 Å². The summed E-state index contributed by atoms with van der Waals surface area (Å²) >= 11 is 0. The Hall–Kier alpha value is 0.200. The summed E-state index contributed by atoms with van der Waals surface area (Å²) in [6.45, 7) is 2.59. The van der Waals surface area contributed by atoms with Gasteiger partial charge in [-0.3, -0.25) is 0 Å². The monoisotopic (exact) mass is 225 g/mol. The highest BCUT2D eigenvalue weighted by Gasteiger charge is 2.28. The van der Waals surface area contributed by atoms with Crippen molar-refractivity contribution in [3.05, 3.63) is 0 Å². The van der Waals surface area contributed by atoms with Crippen molar-refractivity contribution in [2.75, 3.05) is 6.54 Å². The largest absolute Gasteiger partial charge is 0.300 e. The van der Waals surface area contributed by atoms with Crippen molar-refractivity contribution in [3.8, 4) is 0 Å². The van der Waals surface area contributed by atoms with Crippen molar-refractivity contribution in [1.82, 2.24) is 4.31 Å². The van der Waals surface area contributed by atoms with Gasteiger partial charge in [0.25, 0.3) is 9.24 Å². The van der Waals surface area contributed by atoms with Crippen LogP contribution in [0.5, 0.6) is 0 Å². The van der Waals surface area contributed by atoms with Gasteiger partial charge in [-0.1, -0.05) is 19.8 Å². The molecule has 1 heterocycles.